The highest BCUT2D eigenvalue weighted by molar-refractivity contribution is 6.27. The number of nitrogens with two attached hydrogens (primary N) is 1. The van der Waals surface area contributed by atoms with Crippen molar-refractivity contribution in [3.05, 3.63) is 71.3 Å². The first kappa shape index (κ1) is 14.0. The average molecular weight is 329 g/mol. The molecule has 5 heteroatoms. The summed E-state index contributed by atoms with van der Waals surface area (Å²) in [5.41, 5.74) is 9.70. The SMILES string of the molecule is Nc1ccc2c3c(cccc13)C(=O)N(N1CCc3ccccc31)C2=O. The molecule has 25 heavy (non-hydrogen) atoms. The molecule has 2 aliphatic heterocycles. The number of fused-ring (bicyclic) bond motifs is 1. The van der Waals surface area contributed by atoms with E-state index in [9.17, 15) is 9.59 Å². The van der Waals surface area contributed by atoms with E-state index in [1.54, 1.807) is 23.2 Å². The largest absolute Gasteiger partial charge is 0.398 e. The van der Waals surface area contributed by atoms with Gasteiger partial charge >= 0.3 is 0 Å². The van der Waals surface area contributed by atoms with Crippen LogP contribution in [0.2, 0.25) is 0 Å². The lowest BCUT2D eigenvalue weighted by atomic mass is 9.94. The predicted octanol–water partition coefficient (Wildman–Crippen LogP) is 3.00. The topological polar surface area (TPSA) is 66.6 Å². The molecule has 0 radical (unpaired) electrons. The van der Waals surface area contributed by atoms with Crippen molar-refractivity contribution < 1.29 is 9.59 Å². The van der Waals surface area contributed by atoms with E-state index in [1.807, 2.05) is 36.4 Å². The number of hydrogen-bond acceptors (Lipinski definition) is 4. The molecule has 2 aliphatic rings. The fraction of sp³-hybridized carbons (Fsp3) is 0.100. The molecule has 3 aromatic rings. The van der Waals surface area contributed by atoms with Crippen LogP contribution in [-0.2, 0) is 6.42 Å². The minimum atomic E-state index is -0.301. The van der Waals surface area contributed by atoms with Crippen molar-refractivity contribution in [2.24, 2.45) is 0 Å². The Morgan fingerprint density at radius 3 is 2.44 bits per heavy atom. The lowest BCUT2D eigenvalue weighted by Gasteiger charge is -2.35. The number of anilines is 2. The fourth-order valence-electron chi connectivity index (χ4n) is 3.85. The Bertz CT molecular complexity index is 1050. The third-order valence-corrected chi connectivity index (χ3v) is 5.02. The van der Waals surface area contributed by atoms with E-state index in [1.165, 1.54) is 5.01 Å². The number of hydrazine groups is 1. The monoisotopic (exact) mass is 329 g/mol. The number of carbonyl (C=O) groups excluding carboxylic acids is 2. The summed E-state index contributed by atoms with van der Waals surface area (Å²) >= 11 is 0. The summed E-state index contributed by atoms with van der Waals surface area (Å²) in [5, 5.41) is 4.47. The summed E-state index contributed by atoms with van der Waals surface area (Å²) in [4.78, 5) is 26.3. The van der Waals surface area contributed by atoms with Gasteiger partial charge in [-0.1, -0.05) is 30.3 Å². The number of amides is 2. The molecule has 0 fully saturated rings. The van der Waals surface area contributed by atoms with Gasteiger partial charge in [-0.2, -0.15) is 5.01 Å². The number of rotatable bonds is 1. The van der Waals surface area contributed by atoms with Gasteiger partial charge in [0.25, 0.3) is 11.8 Å². The number of benzene rings is 3. The van der Waals surface area contributed by atoms with Crippen LogP contribution in [0.15, 0.2) is 54.6 Å². The van der Waals surface area contributed by atoms with E-state index >= 15 is 0 Å². The normalized spacial score (nSPS) is 15.8. The van der Waals surface area contributed by atoms with E-state index in [4.69, 9.17) is 5.73 Å². The summed E-state index contributed by atoms with van der Waals surface area (Å²) in [5.74, 6) is -0.601. The standard InChI is InChI=1S/C20H15N3O2/c21-16-9-8-15-18-13(16)5-3-6-14(18)19(24)23(20(15)25)22-11-10-12-4-1-2-7-17(12)22/h1-9H,10-11,21H2. The zero-order valence-corrected chi connectivity index (χ0v) is 13.4. The minimum absolute atomic E-state index is 0.301. The molecule has 0 atom stereocenters. The van der Waals surface area contributed by atoms with Crippen molar-refractivity contribution in [3.63, 3.8) is 0 Å². The molecular formula is C20H15N3O2. The van der Waals surface area contributed by atoms with Gasteiger partial charge in [-0.15, -0.1) is 0 Å². The van der Waals surface area contributed by atoms with Crippen LogP contribution in [0.25, 0.3) is 10.8 Å². The van der Waals surface area contributed by atoms with Crippen LogP contribution in [0.3, 0.4) is 0 Å². The van der Waals surface area contributed by atoms with Crippen molar-refractivity contribution in [3.8, 4) is 0 Å². The van der Waals surface area contributed by atoms with Gasteiger partial charge in [0.05, 0.1) is 16.8 Å². The molecule has 2 amide bonds. The van der Waals surface area contributed by atoms with Gasteiger partial charge in [0.2, 0.25) is 0 Å². The summed E-state index contributed by atoms with van der Waals surface area (Å²) in [7, 11) is 0. The first-order chi connectivity index (χ1) is 12.2. The van der Waals surface area contributed by atoms with Gasteiger partial charge < -0.3 is 5.73 Å². The highest BCUT2D eigenvalue weighted by Gasteiger charge is 2.39. The second-order valence-corrected chi connectivity index (χ2v) is 6.35. The zero-order chi connectivity index (χ0) is 17.1. The van der Waals surface area contributed by atoms with E-state index in [2.05, 4.69) is 0 Å². The van der Waals surface area contributed by atoms with Crippen molar-refractivity contribution in [2.75, 3.05) is 17.3 Å². The molecule has 0 saturated heterocycles. The second-order valence-electron chi connectivity index (χ2n) is 6.35. The van der Waals surface area contributed by atoms with Gasteiger partial charge in [0, 0.05) is 23.0 Å². The Morgan fingerprint density at radius 1 is 0.840 bits per heavy atom. The van der Waals surface area contributed by atoms with Gasteiger partial charge in [0.1, 0.15) is 0 Å². The Morgan fingerprint density at radius 2 is 1.60 bits per heavy atom. The molecule has 5 nitrogen and oxygen atoms in total. The molecule has 0 unspecified atom stereocenters. The predicted molar refractivity (Wildman–Crippen MR) is 96.4 cm³/mol. The number of nitrogen functional groups attached to an aromatic ring is 1. The van der Waals surface area contributed by atoms with Gasteiger partial charge in [-0.05, 0) is 36.2 Å². The molecule has 5 rings (SSSR count). The molecule has 3 aromatic carbocycles. The van der Waals surface area contributed by atoms with Crippen LogP contribution in [0.4, 0.5) is 11.4 Å². The highest BCUT2D eigenvalue weighted by Crippen LogP contribution is 2.37. The smallest absolute Gasteiger partial charge is 0.280 e. The van der Waals surface area contributed by atoms with Crippen molar-refractivity contribution >= 4 is 34.0 Å². The summed E-state index contributed by atoms with van der Waals surface area (Å²) in [6, 6.07) is 16.7. The lowest BCUT2D eigenvalue weighted by molar-refractivity contribution is 0.0594. The van der Waals surface area contributed by atoms with Crippen LogP contribution >= 0.6 is 0 Å². The Kier molecular flexibility index (Phi) is 2.71. The van der Waals surface area contributed by atoms with Gasteiger partial charge in [-0.3, -0.25) is 14.6 Å². The maximum atomic E-state index is 13.1. The minimum Gasteiger partial charge on any atom is -0.398 e. The second kappa shape index (κ2) is 4.83. The first-order valence-corrected chi connectivity index (χ1v) is 8.22. The van der Waals surface area contributed by atoms with E-state index < -0.39 is 0 Å². The molecule has 0 aliphatic carbocycles. The van der Waals surface area contributed by atoms with E-state index in [0.29, 0.717) is 28.7 Å². The van der Waals surface area contributed by atoms with Crippen molar-refractivity contribution in [1.29, 1.82) is 0 Å². The summed E-state index contributed by atoms with van der Waals surface area (Å²) in [6.45, 7) is 0.608. The van der Waals surface area contributed by atoms with Crippen LogP contribution < -0.4 is 10.7 Å². The molecule has 0 spiro atoms. The van der Waals surface area contributed by atoms with Gasteiger partial charge in [-0.25, -0.2) is 0 Å². The van der Waals surface area contributed by atoms with Crippen LogP contribution in [0.1, 0.15) is 26.3 Å². The fourth-order valence-corrected chi connectivity index (χ4v) is 3.85. The average Bonchev–Trinajstić information content (AvgIpc) is 3.05. The lowest BCUT2D eigenvalue weighted by Crippen LogP contribution is -2.51. The molecule has 0 bridgehead atoms. The number of imide groups is 1. The molecular weight excluding hydrogens is 314 g/mol. The van der Waals surface area contributed by atoms with Crippen LogP contribution in [0.5, 0.6) is 0 Å². The third kappa shape index (κ3) is 1.78. The number of nitrogens with zero attached hydrogens (tertiary/aromatic N) is 2. The highest BCUT2D eigenvalue weighted by atomic mass is 16.2. The number of hydrogen-bond donors (Lipinski definition) is 1. The summed E-state index contributed by atoms with van der Waals surface area (Å²) in [6.07, 6.45) is 0.812. The Labute approximate surface area is 144 Å². The summed E-state index contributed by atoms with van der Waals surface area (Å²) < 4.78 is 0. The van der Waals surface area contributed by atoms with Crippen LogP contribution in [0, 0.1) is 0 Å². The number of carbonyl (C=O) groups is 2. The molecule has 0 aromatic heterocycles. The third-order valence-electron chi connectivity index (χ3n) is 5.02. The maximum absolute atomic E-state index is 13.1. The molecule has 0 saturated carbocycles. The van der Waals surface area contributed by atoms with Crippen molar-refractivity contribution in [1.82, 2.24) is 5.01 Å². The molecule has 122 valence electrons. The van der Waals surface area contributed by atoms with Crippen LogP contribution in [-0.4, -0.2) is 23.4 Å². The zero-order valence-electron chi connectivity index (χ0n) is 13.4. The Hall–Kier alpha value is -3.34. The van der Waals surface area contributed by atoms with E-state index in [-0.39, 0.29) is 11.8 Å². The van der Waals surface area contributed by atoms with Crippen molar-refractivity contribution in [2.45, 2.75) is 6.42 Å². The first-order valence-electron chi connectivity index (χ1n) is 8.22. The molecule has 2 N–H and O–H groups in total. The molecule has 2 heterocycles. The van der Waals surface area contributed by atoms with Gasteiger partial charge in [0.15, 0.2) is 0 Å². The Balaban J connectivity index is 1.72. The van der Waals surface area contributed by atoms with E-state index in [0.717, 1.165) is 23.1 Å². The quantitative estimate of drug-likeness (QED) is 0.550. The number of para-hydroxylation sites is 1. The maximum Gasteiger partial charge on any atom is 0.280 e.